The molecule has 2 unspecified atom stereocenters. The summed E-state index contributed by atoms with van der Waals surface area (Å²) in [5, 5.41) is 0.362. The van der Waals surface area contributed by atoms with Gasteiger partial charge in [-0.1, -0.05) is 19.1 Å². The number of rotatable bonds is 1. The van der Waals surface area contributed by atoms with Gasteiger partial charge in [0.05, 0.1) is 5.25 Å². The van der Waals surface area contributed by atoms with Gasteiger partial charge in [-0.15, -0.1) is 0 Å². The first-order chi connectivity index (χ1) is 6.27. The number of hydrogen-bond acceptors (Lipinski definition) is 2. The first-order valence-electron chi connectivity index (χ1n) is 4.22. The molecule has 1 aromatic carbocycles. The maximum absolute atomic E-state index is 12.6. The Bertz CT molecular complexity index is 320. The van der Waals surface area contributed by atoms with Crippen LogP contribution in [0.15, 0.2) is 28.7 Å². The molecule has 0 saturated carbocycles. The van der Waals surface area contributed by atoms with Crippen LogP contribution < -0.4 is 0 Å². The molecule has 0 spiro atoms. The van der Waals surface area contributed by atoms with Gasteiger partial charge in [0.25, 0.3) is 0 Å². The molecule has 1 aromatic rings. The molecule has 13 heavy (non-hydrogen) atoms. The number of halogens is 1. The third-order valence-corrected chi connectivity index (χ3v) is 3.32. The van der Waals surface area contributed by atoms with Crippen molar-refractivity contribution < 1.29 is 4.39 Å². The van der Waals surface area contributed by atoms with E-state index in [-0.39, 0.29) is 5.82 Å². The van der Waals surface area contributed by atoms with E-state index in [1.54, 1.807) is 11.9 Å². The molecule has 0 saturated heterocycles. The van der Waals surface area contributed by atoms with Crippen LogP contribution in [0.4, 0.5) is 4.39 Å². The number of nitrogens with zero attached hydrogens (tertiary/aromatic N) is 1. The molecule has 0 bridgehead atoms. The van der Waals surface area contributed by atoms with Gasteiger partial charge in [0, 0.05) is 12.1 Å². The monoisotopic (exact) mass is 195 g/mol. The van der Waals surface area contributed by atoms with Crippen LogP contribution in [0.1, 0.15) is 17.7 Å². The Labute approximate surface area is 81.2 Å². The molecule has 3 heteroatoms. The highest BCUT2D eigenvalue weighted by atomic mass is 32.2. The zero-order valence-electron chi connectivity index (χ0n) is 7.27. The summed E-state index contributed by atoms with van der Waals surface area (Å²) in [5.41, 5.74) is 1.15. The van der Waals surface area contributed by atoms with E-state index >= 15 is 0 Å². The van der Waals surface area contributed by atoms with E-state index in [0.717, 1.165) is 5.56 Å². The highest BCUT2D eigenvalue weighted by molar-refractivity contribution is 7.98. The predicted octanol–water partition coefficient (Wildman–Crippen LogP) is 3.24. The van der Waals surface area contributed by atoms with E-state index < -0.39 is 0 Å². The summed E-state index contributed by atoms with van der Waals surface area (Å²) in [6.07, 6.45) is 1.94. The Morgan fingerprint density at radius 1 is 1.31 bits per heavy atom. The normalized spacial score (nSPS) is 26.6. The standard InChI is InChI=1S/C10H10FNS/c1-7-6-12-13-10(7)8-2-4-9(11)5-3-8/h2-7,10H,1H3. The first-order valence-corrected chi connectivity index (χ1v) is 5.06. The van der Waals surface area contributed by atoms with E-state index in [4.69, 9.17) is 0 Å². The Morgan fingerprint density at radius 2 is 2.00 bits per heavy atom. The lowest BCUT2D eigenvalue weighted by molar-refractivity contribution is 0.626. The highest BCUT2D eigenvalue weighted by Gasteiger charge is 2.22. The molecule has 2 atom stereocenters. The van der Waals surface area contributed by atoms with Gasteiger partial charge in [-0.2, -0.15) is 0 Å². The van der Waals surface area contributed by atoms with Crippen molar-refractivity contribution in [2.24, 2.45) is 10.3 Å². The van der Waals surface area contributed by atoms with Gasteiger partial charge in [0.15, 0.2) is 0 Å². The fraction of sp³-hybridized carbons (Fsp3) is 0.300. The van der Waals surface area contributed by atoms with Gasteiger partial charge in [-0.3, -0.25) is 0 Å². The smallest absolute Gasteiger partial charge is 0.123 e. The van der Waals surface area contributed by atoms with Crippen LogP contribution in [0.5, 0.6) is 0 Å². The average Bonchev–Trinajstić information content (AvgIpc) is 2.53. The van der Waals surface area contributed by atoms with Crippen molar-refractivity contribution in [1.82, 2.24) is 0 Å². The molecular formula is C10H10FNS. The minimum Gasteiger partial charge on any atom is -0.228 e. The summed E-state index contributed by atoms with van der Waals surface area (Å²) in [6, 6.07) is 6.66. The second-order valence-corrected chi connectivity index (χ2v) is 4.12. The molecule has 0 aromatic heterocycles. The third kappa shape index (κ3) is 1.75. The summed E-state index contributed by atoms with van der Waals surface area (Å²) in [4.78, 5) is 0. The maximum atomic E-state index is 12.6. The van der Waals surface area contributed by atoms with Crippen LogP contribution in [-0.2, 0) is 0 Å². The number of benzene rings is 1. The van der Waals surface area contributed by atoms with Crippen molar-refractivity contribution in [3.63, 3.8) is 0 Å². The molecule has 1 heterocycles. The molecule has 0 aliphatic carbocycles. The van der Waals surface area contributed by atoms with Gasteiger partial charge >= 0.3 is 0 Å². The fourth-order valence-electron chi connectivity index (χ4n) is 1.39. The average molecular weight is 195 g/mol. The minimum atomic E-state index is -0.180. The lowest BCUT2D eigenvalue weighted by Crippen LogP contribution is -2.02. The molecular weight excluding hydrogens is 185 g/mol. The lowest BCUT2D eigenvalue weighted by Gasteiger charge is -2.12. The molecule has 1 nitrogen and oxygen atoms in total. The molecule has 0 amide bonds. The molecule has 2 rings (SSSR count). The van der Waals surface area contributed by atoms with Gasteiger partial charge in [-0.25, -0.2) is 8.79 Å². The molecule has 0 N–H and O–H groups in total. The van der Waals surface area contributed by atoms with E-state index in [2.05, 4.69) is 11.3 Å². The van der Waals surface area contributed by atoms with Crippen LogP contribution >= 0.6 is 11.9 Å². The van der Waals surface area contributed by atoms with Crippen molar-refractivity contribution in [3.05, 3.63) is 35.6 Å². The second-order valence-electron chi connectivity index (χ2n) is 3.19. The van der Waals surface area contributed by atoms with Crippen molar-refractivity contribution in [3.8, 4) is 0 Å². The zero-order valence-corrected chi connectivity index (χ0v) is 8.09. The maximum Gasteiger partial charge on any atom is 0.123 e. The Hall–Kier alpha value is -0.830. The quantitative estimate of drug-likeness (QED) is 0.627. The molecule has 0 fully saturated rings. The van der Waals surface area contributed by atoms with Crippen LogP contribution in [0.25, 0.3) is 0 Å². The first kappa shape index (κ1) is 8.75. The van der Waals surface area contributed by atoms with Gasteiger partial charge < -0.3 is 0 Å². The summed E-state index contributed by atoms with van der Waals surface area (Å²) < 4.78 is 16.8. The fourth-order valence-corrected chi connectivity index (χ4v) is 2.32. The van der Waals surface area contributed by atoms with Crippen molar-refractivity contribution in [1.29, 1.82) is 0 Å². The molecule has 1 aliphatic heterocycles. The largest absolute Gasteiger partial charge is 0.228 e. The minimum absolute atomic E-state index is 0.180. The molecule has 0 radical (unpaired) electrons. The molecule has 68 valence electrons. The lowest BCUT2D eigenvalue weighted by atomic mass is 10.0. The number of hydrogen-bond donors (Lipinski definition) is 0. The third-order valence-electron chi connectivity index (χ3n) is 2.15. The predicted molar refractivity (Wildman–Crippen MR) is 54.4 cm³/mol. The van der Waals surface area contributed by atoms with Gasteiger partial charge in [-0.05, 0) is 29.6 Å². The summed E-state index contributed by atoms with van der Waals surface area (Å²) in [7, 11) is 0. The Balaban J connectivity index is 2.21. The van der Waals surface area contributed by atoms with E-state index in [9.17, 15) is 4.39 Å². The molecule has 1 aliphatic rings. The van der Waals surface area contributed by atoms with Gasteiger partial charge in [0.1, 0.15) is 5.82 Å². The highest BCUT2D eigenvalue weighted by Crippen LogP contribution is 2.39. The Morgan fingerprint density at radius 3 is 2.54 bits per heavy atom. The van der Waals surface area contributed by atoms with E-state index in [1.807, 2.05) is 18.3 Å². The van der Waals surface area contributed by atoms with Crippen LogP contribution in [-0.4, -0.2) is 6.21 Å². The van der Waals surface area contributed by atoms with Crippen LogP contribution in [0.2, 0.25) is 0 Å². The summed E-state index contributed by atoms with van der Waals surface area (Å²) >= 11 is 1.56. The van der Waals surface area contributed by atoms with Gasteiger partial charge in [0.2, 0.25) is 0 Å². The second kappa shape index (κ2) is 3.50. The zero-order chi connectivity index (χ0) is 9.26. The van der Waals surface area contributed by atoms with Crippen molar-refractivity contribution >= 4 is 18.2 Å². The van der Waals surface area contributed by atoms with E-state index in [0.29, 0.717) is 11.2 Å². The van der Waals surface area contributed by atoms with Crippen LogP contribution in [0, 0.1) is 11.7 Å². The SMILES string of the molecule is CC1C=NSC1c1ccc(F)cc1. The topological polar surface area (TPSA) is 12.4 Å². The summed E-state index contributed by atoms with van der Waals surface area (Å²) in [5.74, 6) is 0.260. The van der Waals surface area contributed by atoms with Crippen molar-refractivity contribution in [2.45, 2.75) is 12.2 Å². The van der Waals surface area contributed by atoms with Crippen molar-refractivity contribution in [2.75, 3.05) is 0 Å². The van der Waals surface area contributed by atoms with E-state index in [1.165, 1.54) is 12.1 Å². The van der Waals surface area contributed by atoms with Crippen LogP contribution in [0.3, 0.4) is 0 Å². The summed E-state index contributed by atoms with van der Waals surface area (Å²) in [6.45, 7) is 2.12. The Kier molecular flexibility index (Phi) is 2.36.